The molecule has 114 valence electrons. The van der Waals surface area contributed by atoms with Crippen molar-refractivity contribution in [2.45, 2.75) is 20.1 Å². The Morgan fingerprint density at radius 1 is 1.27 bits per heavy atom. The highest BCUT2D eigenvalue weighted by atomic mass is 32.1. The van der Waals surface area contributed by atoms with Gasteiger partial charge in [-0.15, -0.1) is 16.4 Å². The molecule has 0 bridgehead atoms. The number of hydrogen-bond donors (Lipinski definition) is 0. The van der Waals surface area contributed by atoms with Crippen LogP contribution in [0.15, 0.2) is 46.2 Å². The van der Waals surface area contributed by atoms with Gasteiger partial charge in [-0.05, 0) is 48.8 Å². The minimum atomic E-state index is 0.403. The van der Waals surface area contributed by atoms with E-state index in [0.29, 0.717) is 17.4 Å². The Hall–Kier alpha value is -1.76. The van der Waals surface area contributed by atoms with Gasteiger partial charge in [0.2, 0.25) is 0 Å². The van der Waals surface area contributed by atoms with Crippen LogP contribution in [-0.4, -0.2) is 21.7 Å². The topological polar surface area (TPSA) is 34.2 Å². The van der Waals surface area contributed by atoms with Crippen molar-refractivity contribution in [2.75, 3.05) is 7.05 Å². The molecule has 0 atom stereocenters. The van der Waals surface area contributed by atoms with E-state index in [1.165, 1.54) is 11.1 Å². The zero-order valence-electron chi connectivity index (χ0n) is 12.5. The molecule has 4 nitrogen and oxygen atoms in total. The quantitative estimate of drug-likeness (QED) is 0.652. The van der Waals surface area contributed by atoms with Crippen LogP contribution in [0.4, 0.5) is 0 Å². The van der Waals surface area contributed by atoms with Crippen molar-refractivity contribution < 1.29 is 4.42 Å². The number of thiophene rings is 1. The highest BCUT2D eigenvalue weighted by Gasteiger charge is 2.11. The number of benzene rings is 1. The number of aromatic nitrogens is 2. The Kier molecular flexibility index (Phi) is 4.52. The summed E-state index contributed by atoms with van der Waals surface area (Å²) in [5.74, 6) is 0.587. The number of rotatable bonds is 5. The van der Waals surface area contributed by atoms with Gasteiger partial charge in [-0.3, -0.25) is 4.90 Å². The molecule has 0 saturated carbocycles. The van der Waals surface area contributed by atoms with Crippen molar-refractivity contribution in [3.63, 3.8) is 0 Å². The summed E-state index contributed by atoms with van der Waals surface area (Å²) in [5.41, 5.74) is 2.59. The van der Waals surface area contributed by atoms with Gasteiger partial charge in [0.15, 0.2) is 0 Å². The molecule has 3 aromatic rings. The van der Waals surface area contributed by atoms with Gasteiger partial charge < -0.3 is 4.42 Å². The van der Waals surface area contributed by atoms with Gasteiger partial charge in [0.05, 0.1) is 11.5 Å². The van der Waals surface area contributed by atoms with Crippen LogP contribution in [0.5, 0.6) is 0 Å². The molecule has 0 radical (unpaired) electrons. The van der Waals surface area contributed by atoms with Crippen LogP contribution < -0.4 is 0 Å². The average molecular weight is 331 g/mol. The molecule has 0 fully saturated rings. The minimum Gasteiger partial charge on any atom is -0.408 e. The molecule has 2 aromatic heterocycles. The Morgan fingerprint density at radius 2 is 2.09 bits per heavy atom. The molecule has 0 aliphatic carbocycles. The summed E-state index contributed by atoms with van der Waals surface area (Å²) in [6.07, 6.45) is 0. The van der Waals surface area contributed by atoms with Gasteiger partial charge in [-0.1, -0.05) is 30.3 Å². The van der Waals surface area contributed by atoms with E-state index in [9.17, 15) is 0 Å². The zero-order valence-corrected chi connectivity index (χ0v) is 14.2. The second-order valence-corrected chi connectivity index (χ2v) is 6.53. The third-order valence-corrected chi connectivity index (χ3v) is 4.57. The van der Waals surface area contributed by atoms with Crippen LogP contribution >= 0.6 is 23.6 Å². The minimum absolute atomic E-state index is 0.403. The Morgan fingerprint density at radius 3 is 2.82 bits per heavy atom. The van der Waals surface area contributed by atoms with E-state index in [1.54, 1.807) is 16.0 Å². The zero-order chi connectivity index (χ0) is 15.5. The van der Waals surface area contributed by atoms with Crippen LogP contribution in [0.1, 0.15) is 11.1 Å². The van der Waals surface area contributed by atoms with E-state index >= 15 is 0 Å². The molecule has 3 rings (SSSR count). The lowest BCUT2D eigenvalue weighted by molar-refractivity contribution is 0.240. The molecule has 6 heteroatoms. The molecule has 0 N–H and O–H groups in total. The van der Waals surface area contributed by atoms with Gasteiger partial charge in [-0.2, -0.15) is 0 Å². The summed E-state index contributed by atoms with van der Waals surface area (Å²) in [4.78, 5) is 3.56. The van der Waals surface area contributed by atoms with Crippen molar-refractivity contribution >= 4 is 23.6 Å². The van der Waals surface area contributed by atoms with Crippen LogP contribution in [0.2, 0.25) is 0 Å². The van der Waals surface area contributed by atoms with Crippen LogP contribution in [0.3, 0.4) is 0 Å². The number of aryl methyl sites for hydroxylation is 1. The fraction of sp³-hybridized carbons (Fsp3) is 0.250. The van der Waals surface area contributed by atoms with Crippen molar-refractivity contribution in [3.8, 4) is 10.8 Å². The van der Waals surface area contributed by atoms with Gasteiger partial charge in [0.25, 0.3) is 10.7 Å². The summed E-state index contributed by atoms with van der Waals surface area (Å²) in [5, 5.41) is 6.47. The first-order valence-corrected chi connectivity index (χ1v) is 8.27. The van der Waals surface area contributed by atoms with Crippen molar-refractivity contribution in [1.82, 2.24) is 14.7 Å². The maximum absolute atomic E-state index is 5.58. The predicted molar refractivity (Wildman–Crippen MR) is 91.3 cm³/mol. The summed E-state index contributed by atoms with van der Waals surface area (Å²) >= 11 is 6.86. The molecule has 0 spiro atoms. The first-order valence-electron chi connectivity index (χ1n) is 6.98. The highest BCUT2D eigenvalue weighted by Crippen LogP contribution is 2.23. The Labute approximate surface area is 138 Å². The molecule has 22 heavy (non-hydrogen) atoms. The number of hydrogen-bond acceptors (Lipinski definition) is 5. The maximum atomic E-state index is 5.58. The van der Waals surface area contributed by atoms with E-state index in [4.69, 9.17) is 16.6 Å². The molecular weight excluding hydrogens is 314 g/mol. The lowest BCUT2D eigenvalue weighted by atomic mass is 10.1. The van der Waals surface area contributed by atoms with Crippen LogP contribution in [0, 0.1) is 11.8 Å². The highest BCUT2D eigenvalue weighted by molar-refractivity contribution is 7.71. The van der Waals surface area contributed by atoms with Gasteiger partial charge in [-0.25, -0.2) is 4.68 Å². The molecule has 1 aromatic carbocycles. The second-order valence-electron chi connectivity index (χ2n) is 5.23. The first-order chi connectivity index (χ1) is 10.6. The largest absolute Gasteiger partial charge is 0.408 e. The number of nitrogens with zero attached hydrogens (tertiary/aromatic N) is 3. The molecule has 0 amide bonds. The van der Waals surface area contributed by atoms with E-state index in [2.05, 4.69) is 41.2 Å². The monoisotopic (exact) mass is 331 g/mol. The fourth-order valence-corrected chi connectivity index (χ4v) is 3.07. The third-order valence-electron chi connectivity index (χ3n) is 3.42. The average Bonchev–Trinajstić information content (AvgIpc) is 3.12. The lowest BCUT2D eigenvalue weighted by Crippen LogP contribution is -2.22. The molecule has 0 saturated heterocycles. The summed E-state index contributed by atoms with van der Waals surface area (Å²) in [6.45, 7) is 3.57. The van der Waals surface area contributed by atoms with E-state index in [1.807, 2.05) is 24.6 Å². The molecule has 0 aliphatic heterocycles. The van der Waals surface area contributed by atoms with E-state index < -0.39 is 0 Å². The molecule has 0 unspecified atom stereocenters. The lowest BCUT2D eigenvalue weighted by Gasteiger charge is -2.17. The summed E-state index contributed by atoms with van der Waals surface area (Å²) in [6, 6.07) is 12.3. The van der Waals surface area contributed by atoms with Crippen molar-refractivity contribution in [1.29, 1.82) is 0 Å². The molecule has 0 aliphatic rings. The van der Waals surface area contributed by atoms with E-state index in [-0.39, 0.29) is 0 Å². The predicted octanol–water partition coefficient (Wildman–Crippen LogP) is 4.33. The normalized spacial score (nSPS) is 11.2. The first kappa shape index (κ1) is 15.1. The SMILES string of the molecule is Cc1ccccc1CN(C)Cn1nc(-c2cccs2)oc1=S. The van der Waals surface area contributed by atoms with Gasteiger partial charge in [0, 0.05) is 6.54 Å². The summed E-state index contributed by atoms with van der Waals surface area (Å²) < 4.78 is 7.31. The smallest absolute Gasteiger partial charge is 0.288 e. The van der Waals surface area contributed by atoms with E-state index in [0.717, 1.165) is 11.4 Å². The third kappa shape index (κ3) is 3.35. The Balaban J connectivity index is 1.73. The van der Waals surface area contributed by atoms with Crippen LogP contribution in [-0.2, 0) is 13.2 Å². The second kappa shape index (κ2) is 6.56. The van der Waals surface area contributed by atoms with Crippen LogP contribution in [0.25, 0.3) is 10.8 Å². The maximum Gasteiger partial charge on any atom is 0.288 e. The standard InChI is InChI=1S/C16H17N3OS2/c1-12-6-3-4-7-13(12)10-18(2)11-19-16(21)20-15(17-19)14-8-5-9-22-14/h3-9H,10-11H2,1-2H3. The molecular formula is C16H17N3OS2. The Bertz CT molecular complexity index is 805. The molecule has 2 heterocycles. The van der Waals surface area contributed by atoms with Crippen molar-refractivity contribution in [2.24, 2.45) is 0 Å². The fourth-order valence-electron chi connectivity index (χ4n) is 2.25. The summed E-state index contributed by atoms with van der Waals surface area (Å²) in [7, 11) is 2.05. The van der Waals surface area contributed by atoms with Gasteiger partial charge in [0.1, 0.15) is 0 Å². The van der Waals surface area contributed by atoms with Crippen molar-refractivity contribution in [3.05, 3.63) is 57.7 Å². The van der Waals surface area contributed by atoms with Gasteiger partial charge >= 0.3 is 0 Å².